The fourth-order valence-electron chi connectivity index (χ4n) is 4.17. The molecular formula is C24H26F3NO5. The fourth-order valence-corrected chi connectivity index (χ4v) is 4.17. The number of fused-ring (bicyclic) bond motifs is 1. The summed E-state index contributed by atoms with van der Waals surface area (Å²) in [5, 5.41) is 0. The number of rotatable bonds is 7. The van der Waals surface area contributed by atoms with Crippen LogP contribution in [-0.2, 0) is 17.6 Å². The number of nitrogens with zero attached hydrogens (tertiary/aromatic N) is 1. The molecule has 1 aliphatic heterocycles. The molecule has 0 spiro atoms. The minimum atomic E-state index is -4.99. The molecule has 0 saturated carbocycles. The Kier molecular flexibility index (Phi) is 7.09. The molecule has 0 N–H and O–H groups in total. The monoisotopic (exact) mass is 465 g/mol. The Morgan fingerprint density at radius 1 is 1.00 bits per heavy atom. The number of halogens is 3. The highest BCUT2D eigenvalue weighted by atomic mass is 19.4. The van der Waals surface area contributed by atoms with Crippen LogP contribution in [0.5, 0.6) is 23.0 Å². The molecule has 9 heteroatoms. The zero-order chi connectivity index (χ0) is 24.3. The highest BCUT2D eigenvalue weighted by Crippen LogP contribution is 2.42. The highest BCUT2D eigenvalue weighted by Gasteiger charge is 2.46. The molecule has 33 heavy (non-hydrogen) atoms. The maximum atomic E-state index is 13.5. The summed E-state index contributed by atoms with van der Waals surface area (Å²) in [7, 11) is 5.90. The van der Waals surface area contributed by atoms with Crippen molar-refractivity contribution >= 4 is 12.0 Å². The molecule has 1 unspecified atom stereocenters. The van der Waals surface area contributed by atoms with Crippen molar-refractivity contribution in [3.63, 3.8) is 0 Å². The van der Waals surface area contributed by atoms with Gasteiger partial charge in [-0.1, -0.05) is 12.7 Å². The van der Waals surface area contributed by atoms with E-state index < -0.39 is 18.1 Å². The molecule has 1 heterocycles. The molecule has 2 aromatic carbocycles. The number of carbonyl (C=O) groups is 1. The SMILES string of the molecule is C=Cc1cc(OC)c(OC)cc1CC1c2cc(OC)c(OC)cc2CCN1C(=O)C(F)(F)F. The van der Waals surface area contributed by atoms with Gasteiger partial charge in [0.2, 0.25) is 0 Å². The number of benzene rings is 2. The van der Waals surface area contributed by atoms with E-state index in [4.69, 9.17) is 18.9 Å². The van der Waals surface area contributed by atoms with E-state index in [0.29, 0.717) is 39.7 Å². The largest absolute Gasteiger partial charge is 0.493 e. The Morgan fingerprint density at radius 2 is 1.55 bits per heavy atom. The Hall–Kier alpha value is -3.36. The molecule has 2 aromatic rings. The lowest BCUT2D eigenvalue weighted by Crippen LogP contribution is -2.47. The topological polar surface area (TPSA) is 57.2 Å². The van der Waals surface area contributed by atoms with Crippen molar-refractivity contribution in [1.82, 2.24) is 4.90 Å². The van der Waals surface area contributed by atoms with Crippen LogP contribution in [0.15, 0.2) is 30.8 Å². The highest BCUT2D eigenvalue weighted by molar-refractivity contribution is 5.83. The van der Waals surface area contributed by atoms with Crippen LogP contribution < -0.4 is 18.9 Å². The molecule has 6 nitrogen and oxygen atoms in total. The van der Waals surface area contributed by atoms with Crippen LogP contribution in [0, 0.1) is 0 Å². The van der Waals surface area contributed by atoms with E-state index in [1.165, 1.54) is 28.4 Å². The van der Waals surface area contributed by atoms with E-state index in [1.54, 1.807) is 30.3 Å². The van der Waals surface area contributed by atoms with E-state index >= 15 is 0 Å². The predicted molar refractivity (Wildman–Crippen MR) is 117 cm³/mol. The van der Waals surface area contributed by atoms with Gasteiger partial charge < -0.3 is 23.8 Å². The third-order valence-electron chi connectivity index (χ3n) is 5.78. The second kappa shape index (κ2) is 9.64. The third-order valence-corrected chi connectivity index (χ3v) is 5.78. The van der Waals surface area contributed by atoms with Gasteiger partial charge in [0.05, 0.1) is 34.5 Å². The molecule has 1 atom stereocenters. The minimum absolute atomic E-state index is 0.0811. The summed E-state index contributed by atoms with van der Waals surface area (Å²) < 4.78 is 61.8. The van der Waals surface area contributed by atoms with E-state index in [-0.39, 0.29) is 19.4 Å². The predicted octanol–water partition coefficient (Wildman–Crippen LogP) is 4.59. The van der Waals surface area contributed by atoms with Gasteiger partial charge in [-0.2, -0.15) is 13.2 Å². The zero-order valence-corrected chi connectivity index (χ0v) is 18.9. The zero-order valence-electron chi connectivity index (χ0n) is 18.9. The van der Waals surface area contributed by atoms with Crippen molar-refractivity contribution in [1.29, 1.82) is 0 Å². The van der Waals surface area contributed by atoms with Crippen molar-refractivity contribution in [3.05, 3.63) is 53.1 Å². The molecular weight excluding hydrogens is 439 g/mol. The second-order valence-electron chi connectivity index (χ2n) is 7.48. The lowest BCUT2D eigenvalue weighted by Gasteiger charge is -2.38. The average Bonchev–Trinajstić information content (AvgIpc) is 2.81. The van der Waals surface area contributed by atoms with Gasteiger partial charge in [-0.15, -0.1) is 0 Å². The number of carbonyl (C=O) groups excluding carboxylic acids is 1. The number of hydrogen-bond acceptors (Lipinski definition) is 5. The number of ether oxygens (including phenoxy) is 4. The molecule has 0 bridgehead atoms. The van der Waals surface area contributed by atoms with E-state index in [0.717, 1.165) is 10.5 Å². The molecule has 0 aliphatic carbocycles. The third kappa shape index (κ3) is 4.72. The first-order valence-corrected chi connectivity index (χ1v) is 10.2. The minimum Gasteiger partial charge on any atom is -0.493 e. The van der Waals surface area contributed by atoms with Gasteiger partial charge in [0.15, 0.2) is 23.0 Å². The normalized spacial score (nSPS) is 15.5. The van der Waals surface area contributed by atoms with Crippen molar-refractivity contribution in [2.45, 2.75) is 25.1 Å². The average molecular weight is 465 g/mol. The van der Waals surface area contributed by atoms with Crippen molar-refractivity contribution < 1.29 is 36.9 Å². The van der Waals surface area contributed by atoms with Crippen LogP contribution in [-0.4, -0.2) is 52.0 Å². The molecule has 1 amide bonds. The van der Waals surface area contributed by atoms with Gasteiger partial charge in [-0.3, -0.25) is 4.79 Å². The van der Waals surface area contributed by atoms with Crippen LogP contribution >= 0.6 is 0 Å². The van der Waals surface area contributed by atoms with Crippen LogP contribution in [0.25, 0.3) is 6.08 Å². The maximum absolute atomic E-state index is 13.5. The van der Waals surface area contributed by atoms with Gasteiger partial charge in [-0.25, -0.2) is 0 Å². The van der Waals surface area contributed by atoms with Crippen LogP contribution in [0.3, 0.4) is 0 Å². The van der Waals surface area contributed by atoms with Crippen LogP contribution in [0.2, 0.25) is 0 Å². The summed E-state index contributed by atoms with van der Waals surface area (Å²) in [4.78, 5) is 13.2. The lowest BCUT2D eigenvalue weighted by molar-refractivity contribution is -0.188. The summed E-state index contributed by atoms with van der Waals surface area (Å²) in [6.07, 6.45) is -3.04. The smallest absolute Gasteiger partial charge is 0.471 e. The van der Waals surface area contributed by atoms with E-state index in [2.05, 4.69) is 6.58 Å². The quantitative estimate of drug-likeness (QED) is 0.599. The van der Waals surface area contributed by atoms with Gasteiger partial charge in [0.1, 0.15) is 0 Å². The first-order chi connectivity index (χ1) is 15.7. The maximum Gasteiger partial charge on any atom is 0.471 e. The summed E-state index contributed by atoms with van der Waals surface area (Å²) in [5.41, 5.74) is 2.70. The molecule has 0 radical (unpaired) electrons. The number of amides is 1. The number of methoxy groups -OCH3 is 4. The lowest BCUT2D eigenvalue weighted by atomic mass is 9.86. The molecule has 1 aliphatic rings. The van der Waals surface area contributed by atoms with Crippen molar-refractivity contribution in [2.75, 3.05) is 35.0 Å². The van der Waals surface area contributed by atoms with Crippen LogP contribution in [0.4, 0.5) is 13.2 Å². The standard InChI is InChI=1S/C24H26F3NO5/c1-6-14-10-19(30-2)21(32-4)12-16(14)9-18-17-13-22(33-5)20(31-3)11-15(17)7-8-28(18)23(29)24(25,26)27/h6,10-13,18H,1,7-9H2,2-5H3. The molecule has 0 saturated heterocycles. The van der Waals surface area contributed by atoms with E-state index in [9.17, 15) is 18.0 Å². The Labute approximate surface area is 190 Å². The summed E-state index contributed by atoms with van der Waals surface area (Å²) >= 11 is 0. The van der Waals surface area contributed by atoms with Crippen molar-refractivity contribution in [2.24, 2.45) is 0 Å². The first-order valence-electron chi connectivity index (χ1n) is 10.2. The number of alkyl halides is 3. The van der Waals surface area contributed by atoms with Crippen molar-refractivity contribution in [3.8, 4) is 23.0 Å². The summed E-state index contributed by atoms with van der Waals surface area (Å²) in [6.45, 7) is 3.73. The second-order valence-corrected chi connectivity index (χ2v) is 7.48. The van der Waals surface area contributed by atoms with Gasteiger partial charge in [0, 0.05) is 6.54 Å². The van der Waals surface area contributed by atoms with E-state index in [1.807, 2.05) is 0 Å². The molecule has 3 rings (SSSR count). The van der Waals surface area contributed by atoms with Gasteiger partial charge in [-0.05, 0) is 59.4 Å². The Balaban J connectivity index is 2.17. The Morgan fingerprint density at radius 3 is 2.09 bits per heavy atom. The van der Waals surface area contributed by atoms with Gasteiger partial charge in [0.25, 0.3) is 0 Å². The summed E-state index contributed by atoms with van der Waals surface area (Å²) in [6, 6.07) is 5.90. The number of hydrogen-bond donors (Lipinski definition) is 0. The fraction of sp³-hybridized carbons (Fsp3) is 0.375. The molecule has 178 valence electrons. The Bertz CT molecular complexity index is 1050. The first kappa shape index (κ1) is 24.3. The molecule has 0 aromatic heterocycles. The van der Waals surface area contributed by atoms with Crippen LogP contribution in [0.1, 0.15) is 28.3 Å². The summed E-state index contributed by atoms with van der Waals surface area (Å²) in [5.74, 6) is -0.138. The van der Waals surface area contributed by atoms with Gasteiger partial charge >= 0.3 is 12.1 Å². The molecule has 0 fully saturated rings.